The molecule has 4 heterocycles. The number of para-hydroxylation sites is 1. The summed E-state index contributed by atoms with van der Waals surface area (Å²) in [6, 6.07) is 11.8. The first-order valence-corrected chi connectivity index (χ1v) is 12.6. The molecule has 0 aliphatic heterocycles. The number of hydrogen-bond acceptors (Lipinski definition) is 6. The second kappa shape index (κ2) is 8.11. The van der Waals surface area contributed by atoms with Gasteiger partial charge >= 0.3 is 0 Å². The van der Waals surface area contributed by atoms with Crippen molar-refractivity contribution in [3.63, 3.8) is 0 Å². The fourth-order valence-corrected chi connectivity index (χ4v) is 6.34. The van der Waals surface area contributed by atoms with Gasteiger partial charge in [0.25, 0.3) is 5.56 Å². The van der Waals surface area contributed by atoms with Crippen LogP contribution in [0.15, 0.2) is 52.0 Å². The number of hydrogen-bond donors (Lipinski definition) is 2. The first-order chi connectivity index (χ1) is 15.0. The summed E-state index contributed by atoms with van der Waals surface area (Å²) in [6.45, 7) is 3.90. The van der Waals surface area contributed by atoms with E-state index in [9.17, 15) is 9.59 Å². The van der Waals surface area contributed by atoms with Gasteiger partial charge in [0.2, 0.25) is 0 Å². The molecule has 0 amide bonds. The zero-order valence-electron chi connectivity index (χ0n) is 16.9. The van der Waals surface area contributed by atoms with Crippen molar-refractivity contribution in [2.75, 3.05) is 5.75 Å². The maximum Gasteiger partial charge on any atom is 0.260 e. The number of aromatic amines is 2. The molecule has 0 spiro atoms. The van der Waals surface area contributed by atoms with Gasteiger partial charge in [0.05, 0.1) is 16.4 Å². The number of rotatable bonds is 6. The number of H-pyrrole nitrogens is 2. The minimum Gasteiger partial charge on any atom is -0.358 e. The highest BCUT2D eigenvalue weighted by Crippen LogP contribution is 2.35. The van der Waals surface area contributed by atoms with E-state index >= 15 is 0 Å². The van der Waals surface area contributed by atoms with Crippen LogP contribution < -0.4 is 5.56 Å². The molecule has 1 aromatic carbocycles. The number of ketones is 1. The molecule has 1 atom stereocenters. The van der Waals surface area contributed by atoms with Gasteiger partial charge in [-0.1, -0.05) is 24.3 Å². The second-order valence-electron chi connectivity index (χ2n) is 7.30. The van der Waals surface area contributed by atoms with Crippen molar-refractivity contribution in [3.8, 4) is 10.4 Å². The number of carbonyl (C=O) groups is 1. The zero-order chi connectivity index (χ0) is 21.5. The van der Waals surface area contributed by atoms with E-state index in [4.69, 9.17) is 4.98 Å². The van der Waals surface area contributed by atoms with Gasteiger partial charge in [-0.3, -0.25) is 9.59 Å². The average Bonchev–Trinajstić information content (AvgIpc) is 3.49. The number of thioether (sulfide) groups is 1. The monoisotopic (exact) mass is 465 g/mol. The molecule has 0 bridgehead atoms. The molecule has 5 nitrogen and oxygen atoms in total. The Balaban J connectivity index is 1.38. The van der Waals surface area contributed by atoms with Crippen molar-refractivity contribution in [1.29, 1.82) is 0 Å². The lowest BCUT2D eigenvalue weighted by Crippen LogP contribution is -2.13. The largest absolute Gasteiger partial charge is 0.358 e. The van der Waals surface area contributed by atoms with E-state index < -0.39 is 0 Å². The molecule has 2 N–H and O–H groups in total. The van der Waals surface area contributed by atoms with Gasteiger partial charge < -0.3 is 9.97 Å². The van der Waals surface area contributed by atoms with Gasteiger partial charge in [0.1, 0.15) is 10.7 Å². The zero-order valence-corrected chi connectivity index (χ0v) is 19.3. The number of nitrogens with one attached hydrogen (secondary N) is 2. The first kappa shape index (κ1) is 20.2. The molecule has 4 aromatic heterocycles. The Bertz CT molecular complexity index is 1460. The van der Waals surface area contributed by atoms with Gasteiger partial charge in [0, 0.05) is 38.0 Å². The number of aromatic nitrogens is 3. The van der Waals surface area contributed by atoms with Crippen LogP contribution in [0.1, 0.15) is 34.0 Å². The highest BCUT2D eigenvalue weighted by molar-refractivity contribution is 8.00. The number of benzene rings is 1. The van der Waals surface area contributed by atoms with E-state index in [0.29, 0.717) is 17.0 Å². The SMILES string of the molecule is Cc1[nH]c2ccccc2c1C(=O)CS[C@@H](C)c1nc2scc(-c3cccs3)c2c(=O)[nH]1. The van der Waals surface area contributed by atoms with Crippen molar-refractivity contribution in [3.05, 3.63) is 74.6 Å². The summed E-state index contributed by atoms with van der Waals surface area (Å²) in [5.41, 5.74) is 3.40. The third-order valence-electron chi connectivity index (χ3n) is 5.27. The molecule has 5 rings (SSSR count). The van der Waals surface area contributed by atoms with Crippen LogP contribution in [-0.4, -0.2) is 26.5 Å². The number of aryl methyl sites for hydroxylation is 1. The average molecular weight is 466 g/mol. The molecule has 156 valence electrons. The Hall–Kier alpha value is -2.68. The third-order valence-corrected chi connectivity index (χ3v) is 8.20. The van der Waals surface area contributed by atoms with Crippen LogP contribution >= 0.6 is 34.4 Å². The molecule has 31 heavy (non-hydrogen) atoms. The molecular weight excluding hydrogens is 446 g/mol. The topological polar surface area (TPSA) is 78.6 Å². The quantitative estimate of drug-likeness (QED) is 0.294. The van der Waals surface area contributed by atoms with Crippen molar-refractivity contribution in [2.45, 2.75) is 19.1 Å². The molecule has 0 saturated carbocycles. The highest BCUT2D eigenvalue weighted by atomic mass is 32.2. The summed E-state index contributed by atoms with van der Waals surface area (Å²) in [7, 11) is 0. The summed E-state index contributed by atoms with van der Waals surface area (Å²) in [5, 5.41) is 5.47. The molecular formula is C23H19N3O2S3. The van der Waals surface area contributed by atoms with Crippen LogP contribution in [0.4, 0.5) is 0 Å². The minimum absolute atomic E-state index is 0.0753. The molecule has 0 fully saturated rings. The molecule has 0 saturated heterocycles. The second-order valence-corrected chi connectivity index (χ2v) is 10.4. The third kappa shape index (κ3) is 3.64. The van der Waals surface area contributed by atoms with Gasteiger partial charge in [-0.15, -0.1) is 34.4 Å². The van der Waals surface area contributed by atoms with Crippen LogP contribution in [0.5, 0.6) is 0 Å². The van der Waals surface area contributed by atoms with Gasteiger partial charge in [-0.05, 0) is 31.4 Å². The highest BCUT2D eigenvalue weighted by Gasteiger charge is 2.20. The predicted molar refractivity (Wildman–Crippen MR) is 132 cm³/mol. The number of carbonyl (C=O) groups excluding carboxylic acids is 1. The molecule has 0 aliphatic carbocycles. The summed E-state index contributed by atoms with van der Waals surface area (Å²) < 4.78 is 0. The molecule has 8 heteroatoms. The van der Waals surface area contributed by atoms with Crippen molar-refractivity contribution < 1.29 is 4.79 Å². The van der Waals surface area contributed by atoms with E-state index in [1.807, 2.05) is 61.0 Å². The first-order valence-electron chi connectivity index (χ1n) is 9.80. The summed E-state index contributed by atoms with van der Waals surface area (Å²) >= 11 is 4.57. The number of thiophene rings is 2. The number of fused-ring (bicyclic) bond motifs is 2. The van der Waals surface area contributed by atoms with E-state index in [1.54, 1.807) is 11.3 Å². The lowest BCUT2D eigenvalue weighted by Gasteiger charge is -2.10. The van der Waals surface area contributed by atoms with Crippen molar-refractivity contribution in [2.24, 2.45) is 0 Å². The lowest BCUT2D eigenvalue weighted by molar-refractivity contribution is 0.102. The minimum atomic E-state index is -0.129. The number of Topliss-reactive ketones (excluding diaryl/α,β-unsaturated/α-hetero) is 1. The van der Waals surface area contributed by atoms with E-state index in [-0.39, 0.29) is 16.6 Å². The van der Waals surface area contributed by atoms with Crippen molar-refractivity contribution >= 4 is 61.3 Å². The molecule has 0 radical (unpaired) electrons. The smallest absolute Gasteiger partial charge is 0.260 e. The van der Waals surface area contributed by atoms with Gasteiger partial charge in [0.15, 0.2) is 5.78 Å². The van der Waals surface area contributed by atoms with Crippen molar-refractivity contribution in [1.82, 2.24) is 15.0 Å². The standard InChI is InChI=1S/C23H19N3O2S3/c1-12-19(14-6-3-4-7-16(14)24-12)17(27)11-30-13(2)21-25-22(28)20-15(10-31-23(20)26-21)18-8-5-9-29-18/h3-10,13,24H,11H2,1-2H3,(H,25,26,28)/t13-/m0/s1. The van der Waals surface area contributed by atoms with Crippen LogP contribution in [-0.2, 0) is 0 Å². The van der Waals surface area contributed by atoms with Gasteiger partial charge in [-0.2, -0.15) is 0 Å². The van der Waals surface area contributed by atoms with Crippen LogP contribution in [0.25, 0.3) is 31.6 Å². The Morgan fingerprint density at radius 1 is 1.16 bits per heavy atom. The molecule has 0 unspecified atom stereocenters. The molecule has 0 aliphatic rings. The van der Waals surface area contributed by atoms with E-state index in [0.717, 1.165) is 37.4 Å². The Morgan fingerprint density at radius 3 is 2.81 bits per heavy atom. The molecule has 5 aromatic rings. The Kier molecular flexibility index (Phi) is 5.29. The Labute approximate surface area is 190 Å². The fourth-order valence-electron chi connectivity index (χ4n) is 3.76. The van der Waals surface area contributed by atoms with Crippen LogP contribution in [0.3, 0.4) is 0 Å². The van der Waals surface area contributed by atoms with E-state index in [2.05, 4.69) is 9.97 Å². The summed E-state index contributed by atoms with van der Waals surface area (Å²) in [6.07, 6.45) is 0. The normalized spacial score (nSPS) is 12.6. The fraction of sp³-hybridized carbons (Fsp3) is 0.174. The summed E-state index contributed by atoms with van der Waals surface area (Å²) in [4.78, 5) is 38.5. The van der Waals surface area contributed by atoms with Crippen LogP contribution in [0, 0.1) is 6.92 Å². The number of nitrogens with zero attached hydrogens (tertiary/aromatic N) is 1. The Morgan fingerprint density at radius 2 is 2.00 bits per heavy atom. The summed E-state index contributed by atoms with van der Waals surface area (Å²) in [5.74, 6) is 0.994. The lowest BCUT2D eigenvalue weighted by atomic mass is 10.1. The predicted octanol–water partition coefficient (Wildman–Crippen LogP) is 6.18. The van der Waals surface area contributed by atoms with Crippen LogP contribution in [0.2, 0.25) is 0 Å². The van der Waals surface area contributed by atoms with Gasteiger partial charge in [-0.25, -0.2) is 4.98 Å². The van der Waals surface area contributed by atoms with E-state index in [1.165, 1.54) is 23.1 Å². The maximum atomic E-state index is 13.0. The maximum absolute atomic E-state index is 13.0.